The molecule has 0 bridgehead atoms. The van der Waals surface area contributed by atoms with Gasteiger partial charge in [0, 0.05) is 35.9 Å². The van der Waals surface area contributed by atoms with Crippen molar-refractivity contribution in [3.05, 3.63) is 66.0 Å². The van der Waals surface area contributed by atoms with Crippen LogP contribution in [0.15, 0.2) is 59.8 Å². The summed E-state index contributed by atoms with van der Waals surface area (Å²) in [6.45, 7) is 0.758. The van der Waals surface area contributed by atoms with Crippen LogP contribution in [-0.2, 0) is 17.8 Å². The van der Waals surface area contributed by atoms with Crippen molar-refractivity contribution in [1.29, 1.82) is 0 Å². The van der Waals surface area contributed by atoms with Crippen molar-refractivity contribution in [2.75, 3.05) is 27.9 Å². The monoisotopic (exact) mass is 433 g/mol. The highest BCUT2D eigenvalue weighted by Crippen LogP contribution is 2.27. The second-order valence-electron chi connectivity index (χ2n) is 6.12. The molecule has 1 heterocycles. The van der Waals surface area contributed by atoms with Gasteiger partial charge in [0.05, 0.1) is 33.2 Å². The van der Waals surface area contributed by atoms with Gasteiger partial charge in [-0.05, 0) is 42.1 Å². The largest absolute Gasteiger partial charge is 0.497 e. The normalized spacial score (nSPS) is 10.3. The number of aromatic nitrogens is 2. The maximum Gasteiger partial charge on any atom is 0.127 e. The number of para-hydroxylation sites is 1. The van der Waals surface area contributed by atoms with Crippen molar-refractivity contribution >= 4 is 11.9 Å². The molecule has 9 heteroatoms. The molecule has 0 saturated carbocycles. The van der Waals surface area contributed by atoms with Gasteiger partial charge in [0.15, 0.2) is 0 Å². The van der Waals surface area contributed by atoms with Crippen LogP contribution in [0.5, 0.6) is 11.5 Å². The maximum absolute atomic E-state index is 9.08. The van der Waals surface area contributed by atoms with Gasteiger partial charge in [-0.15, -0.1) is 0 Å². The van der Waals surface area contributed by atoms with E-state index in [4.69, 9.17) is 14.6 Å². The van der Waals surface area contributed by atoms with Crippen LogP contribution in [0.1, 0.15) is 11.1 Å². The van der Waals surface area contributed by atoms with E-state index in [-0.39, 0.29) is 6.61 Å². The first kappa shape index (κ1) is 23.7. The number of rotatable bonds is 9. The lowest BCUT2D eigenvalue weighted by molar-refractivity contribution is -0.679. The van der Waals surface area contributed by atoms with Crippen molar-refractivity contribution < 1.29 is 25.3 Å². The third-order valence-corrected chi connectivity index (χ3v) is 4.94. The van der Waals surface area contributed by atoms with Crippen LogP contribution in [0.4, 0.5) is 0 Å². The minimum absolute atomic E-state index is 0.118. The Bertz CT molecular complexity index is 904. The predicted octanol–water partition coefficient (Wildman–Crippen LogP) is 2.01. The molecule has 0 unspecified atom stereocenters. The van der Waals surface area contributed by atoms with Gasteiger partial charge in [-0.3, -0.25) is 4.72 Å². The molecular formula is C21H29N4O4S+. The van der Waals surface area contributed by atoms with Gasteiger partial charge in [0.1, 0.15) is 11.5 Å². The molecule has 2 aromatic carbocycles. The maximum atomic E-state index is 9.08. The summed E-state index contributed by atoms with van der Waals surface area (Å²) in [5.74, 6) is 4.54. The standard InChI is InChI=1S/C20H23N3O3S.CH6NO/c1-25-17-8-7-16(19(11-17)26-2)13-22-27-20-6-4-3-5-18(20)23-14-15(9-10-24)12-21-23;1-3-2/h3-8,11-12,14,22,24H,9-10,13H2,1-2H3;1-2H3/q;+1. The van der Waals surface area contributed by atoms with Crippen LogP contribution in [0.2, 0.25) is 0 Å². The number of ether oxygens (including phenoxy) is 2. The Hall–Kier alpha value is -2.56. The number of methoxy groups -OCH3 is 2. The molecule has 0 amide bonds. The summed E-state index contributed by atoms with van der Waals surface area (Å²) < 4.78 is 15.9. The number of aliphatic hydroxyl groups is 1. The first-order valence-electron chi connectivity index (χ1n) is 9.29. The molecule has 0 spiro atoms. The Kier molecular flexibility index (Phi) is 10.2. The third kappa shape index (κ3) is 6.75. The Labute approximate surface area is 181 Å². The minimum atomic E-state index is 0.118. The summed E-state index contributed by atoms with van der Waals surface area (Å²) in [5.41, 5.74) is 3.04. The van der Waals surface area contributed by atoms with Crippen molar-refractivity contribution in [3.63, 3.8) is 0 Å². The average molecular weight is 434 g/mol. The Morgan fingerprint density at radius 3 is 2.60 bits per heavy atom. The molecule has 0 fully saturated rings. The fourth-order valence-corrected chi connectivity index (χ4v) is 3.47. The summed E-state index contributed by atoms with van der Waals surface area (Å²) in [5, 5.41) is 13.5. The number of benzene rings is 2. The van der Waals surface area contributed by atoms with Gasteiger partial charge < -0.3 is 14.6 Å². The molecule has 0 radical (unpaired) electrons. The lowest BCUT2D eigenvalue weighted by Crippen LogP contribution is -2.46. The second-order valence-corrected chi connectivity index (χ2v) is 7.06. The zero-order chi connectivity index (χ0) is 21.8. The van der Waals surface area contributed by atoms with E-state index in [1.54, 1.807) is 32.4 Å². The Balaban J connectivity index is 0.00000101. The average Bonchev–Trinajstić information content (AvgIpc) is 3.23. The summed E-state index contributed by atoms with van der Waals surface area (Å²) in [6, 6.07) is 13.8. The fourth-order valence-electron chi connectivity index (χ4n) is 2.67. The zero-order valence-corrected chi connectivity index (χ0v) is 18.3. The van der Waals surface area contributed by atoms with Crippen LogP contribution in [0.3, 0.4) is 0 Å². The van der Waals surface area contributed by atoms with E-state index in [9.17, 15) is 0 Å². The second kappa shape index (κ2) is 12.9. The highest BCUT2D eigenvalue weighted by Gasteiger charge is 2.09. The number of nitrogens with zero attached hydrogens (tertiary/aromatic N) is 2. The molecular weight excluding hydrogens is 404 g/mol. The van der Waals surface area contributed by atoms with Gasteiger partial charge in [-0.2, -0.15) is 5.10 Å². The molecule has 8 nitrogen and oxygen atoms in total. The summed E-state index contributed by atoms with van der Waals surface area (Å²) in [6.07, 6.45) is 4.33. The smallest absolute Gasteiger partial charge is 0.127 e. The van der Waals surface area contributed by atoms with E-state index < -0.39 is 0 Å². The SMILES string of the molecule is CO[NH3+].COc1ccc(CNSc2ccccc2-n2cc(CCO)cn2)c(OC)c1. The molecule has 0 aliphatic carbocycles. The van der Waals surface area contributed by atoms with Crippen LogP contribution in [0.25, 0.3) is 5.69 Å². The lowest BCUT2D eigenvalue weighted by Gasteiger charge is -2.12. The van der Waals surface area contributed by atoms with Gasteiger partial charge >= 0.3 is 0 Å². The van der Waals surface area contributed by atoms with E-state index in [1.807, 2.05) is 53.3 Å². The van der Waals surface area contributed by atoms with Crippen LogP contribution >= 0.6 is 11.9 Å². The van der Waals surface area contributed by atoms with E-state index in [1.165, 1.54) is 7.11 Å². The minimum Gasteiger partial charge on any atom is -0.497 e. The number of hydrogen-bond donors (Lipinski definition) is 3. The third-order valence-electron chi connectivity index (χ3n) is 4.09. The summed E-state index contributed by atoms with van der Waals surface area (Å²) >= 11 is 1.54. The molecule has 3 aromatic rings. The van der Waals surface area contributed by atoms with E-state index in [2.05, 4.69) is 20.6 Å². The zero-order valence-electron chi connectivity index (χ0n) is 17.5. The van der Waals surface area contributed by atoms with Gasteiger partial charge in [0.25, 0.3) is 0 Å². The molecule has 0 saturated heterocycles. The first-order valence-corrected chi connectivity index (χ1v) is 10.1. The van der Waals surface area contributed by atoms with Crippen molar-refractivity contribution in [3.8, 4) is 17.2 Å². The van der Waals surface area contributed by atoms with Gasteiger partial charge in [-0.25, -0.2) is 15.4 Å². The number of hydrogen-bond acceptors (Lipinski definition) is 7. The van der Waals surface area contributed by atoms with Crippen molar-refractivity contribution in [2.24, 2.45) is 0 Å². The number of aliphatic hydroxyl groups excluding tert-OH is 1. The van der Waals surface area contributed by atoms with Crippen molar-refractivity contribution in [2.45, 2.75) is 17.9 Å². The van der Waals surface area contributed by atoms with E-state index >= 15 is 0 Å². The molecule has 3 rings (SSSR count). The number of quaternary nitrogens is 1. The number of nitrogens with one attached hydrogen (secondary N) is 1. The van der Waals surface area contributed by atoms with E-state index in [0.29, 0.717) is 13.0 Å². The predicted molar refractivity (Wildman–Crippen MR) is 116 cm³/mol. The molecule has 30 heavy (non-hydrogen) atoms. The highest BCUT2D eigenvalue weighted by atomic mass is 32.2. The molecule has 162 valence electrons. The van der Waals surface area contributed by atoms with E-state index in [0.717, 1.165) is 33.2 Å². The van der Waals surface area contributed by atoms with Gasteiger partial charge in [0.2, 0.25) is 0 Å². The van der Waals surface area contributed by atoms with Gasteiger partial charge in [-0.1, -0.05) is 18.2 Å². The van der Waals surface area contributed by atoms with Crippen molar-refractivity contribution in [1.82, 2.24) is 14.5 Å². The fraction of sp³-hybridized carbons (Fsp3) is 0.286. The topological polar surface area (TPSA) is 105 Å². The van der Waals surface area contributed by atoms with Crippen LogP contribution in [0, 0.1) is 0 Å². The molecule has 0 atom stereocenters. The lowest BCUT2D eigenvalue weighted by atomic mass is 10.2. The summed E-state index contributed by atoms with van der Waals surface area (Å²) in [7, 11) is 4.81. The summed E-state index contributed by atoms with van der Waals surface area (Å²) in [4.78, 5) is 5.06. The first-order chi connectivity index (χ1) is 14.7. The van der Waals surface area contributed by atoms with Crippen LogP contribution in [-0.4, -0.2) is 42.8 Å². The quantitative estimate of drug-likeness (QED) is 0.350. The highest BCUT2D eigenvalue weighted by molar-refractivity contribution is 7.97. The molecule has 0 aliphatic heterocycles. The Morgan fingerprint density at radius 1 is 1.13 bits per heavy atom. The Morgan fingerprint density at radius 2 is 1.90 bits per heavy atom. The molecule has 1 aromatic heterocycles. The molecule has 0 aliphatic rings. The molecule has 5 N–H and O–H groups in total. The van der Waals surface area contributed by atoms with Crippen LogP contribution < -0.4 is 20.1 Å².